The highest BCUT2D eigenvalue weighted by atomic mass is 35.5. The summed E-state index contributed by atoms with van der Waals surface area (Å²) in [7, 11) is 0. The largest absolute Gasteiger partial charge is 0.342 e. The van der Waals surface area contributed by atoms with Crippen LogP contribution < -0.4 is 5.32 Å². The van der Waals surface area contributed by atoms with Crippen LogP contribution in [0.15, 0.2) is 77.4 Å². The lowest BCUT2D eigenvalue weighted by molar-refractivity contribution is 0.188. The van der Waals surface area contributed by atoms with Crippen molar-refractivity contribution in [3.63, 3.8) is 0 Å². The Kier molecular flexibility index (Phi) is 6.58. The smallest absolute Gasteiger partial charge is 0.306 e. The van der Waals surface area contributed by atoms with Crippen LogP contribution in [0, 0.1) is 17.6 Å². The Bertz CT molecular complexity index is 1320. The molecule has 0 spiro atoms. The number of halogens is 4. The lowest BCUT2D eigenvalue weighted by atomic mass is 9.77. The first kappa shape index (κ1) is 23.5. The molecule has 0 radical (unpaired) electrons. The Labute approximate surface area is 211 Å². The summed E-state index contributed by atoms with van der Waals surface area (Å²) in [5.74, 6) is -0.700. The van der Waals surface area contributed by atoms with Crippen molar-refractivity contribution >= 4 is 46.7 Å². The van der Waals surface area contributed by atoms with Crippen LogP contribution in [-0.4, -0.2) is 16.8 Å². The number of carbonyl (C=O) groups excluding carboxylic acids is 1. The number of anilines is 1. The van der Waals surface area contributed by atoms with Gasteiger partial charge >= 0.3 is 6.03 Å². The third-order valence-electron chi connectivity index (χ3n) is 6.30. The molecule has 3 aromatic rings. The second-order valence-corrected chi connectivity index (χ2v) is 9.42. The Morgan fingerprint density at radius 1 is 0.971 bits per heavy atom. The minimum absolute atomic E-state index is 0.0551. The van der Waals surface area contributed by atoms with Crippen LogP contribution >= 0.6 is 23.2 Å². The van der Waals surface area contributed by atoms with E-state index in [-0.39, 0.29) is 17.6 Å². The Hall–Kier alpha value is -3.22. The number of nitrogens with zero attached hydrogens (tertiary/aromatic N) is 2. The molecule has 1 saturated carbocycles. The first-order valence-corrected chi connectivity index (χ1v) is 12.0. The zero-order chi connectivity index (χ0) is 24.5. The van der Waals surface area contributed by atoms with Crippen LogP contribution in [0.1, 0.15) is 36.4 Å². The molecule has 1 aliphatic heterocycles. The summed E-state index contributed by atoms with van der Waals surface area (Å²) in [5.41, 5.74) is 3.97. The molecular weight excluding hydrogens is 491 g/mol. The van der Waals surface area contributed by atoms with Gasteiger partial charge in [-0.3, -0.25) is 0 Å². The quantitative estimate of drug-likeness (QED) is 0.379. The van der Waals surface area contributed by atoms with Crippen molar-refractivity contribution in [2.75, 3.05) is 5.32 Å². The summed E-state index contributed by atoms with van der Waals surface area (Å²) >= 11 is 12.1. The van der Waals surface area contributed by atoms with E-state index in [1.807, 2.05) is 6.08 Å². The van der Waals surface area contributed by atoms with Crippen molar-refractivity contribution < 1.29 is 13.6 Å². The van der Waals surface area contributed by atoms with E-state index in [4.69, 9.17) is 28.3 Å². The molecule has 3 aromatic carbocycles. The molecule has 0 bridgehead atoms. The van der Waals surface area contributed by atoms with Crippen LogP contribution in [0.2, 0.25) is 10.0 Å². The van der Waals surface area contributed by atoms with E-state index in [0.29, 0.717) is 15.7 Å². The van der Waals surface area contributed by atoms with Gasteiger partial charge in [0.2, 0.25) is 0 Å². The summed E-state index contributed by atoms with van der Waals surface area (Å²) in [5, 5.41) is 9.75. The maximum Gasteiger partial charge on any atom is 0.342 e. The van der Waals surface area contributed by atoms with Gasteiger partial charge in [0.1, 0.15) is 11.6 Å². The van der Waals surface area contributed by atoms with Crippen molar-refractivity contribution in [2.24, 2.45) is 11.0 Å². The maximum atomic E-state index is 13.7. The van der Waals surface area contributed by atoms with Gasteiger partial charge in [-0.05, 0) is 84.5 Å². The molecule has 2 aliphatic rings. The number of urea groups is 1. The molecule has 1 aliphatic carbocycles. The monoisotopic (exact) mass is 511 g/mol. The van der Waals surface area contributed by atoms with E-state index in [2.05, 4.69) is 5.32 Å². The summed E-state index contributed by atoms with van der Waals surface area (Å²) < 4.78 is 27.0. The first-order chi connectivity index (χ1) is 16.9. The average molecular weight is 512 g/mol. The fourth-order valence-electron chi connectivity index (χ4n) is 4.68. The van der Waals surface area contributed by atoms with Crippen molar-refractivity contribution in [1.29, 1.82) is 0 Å². The molecule has 1 fully saturated rings. The number of fused-ring (bicyclic) bond motifs is 1. The number of carbonyl (C=O) groups is 1. The molecule has 2 amide bonds. The molecule has 1 N–H and O–H groups in total. The number of allylic oxidation sites excluding steroid dienone is 1. The van der Waals surface area contributed by atoms with Gasteiger partial charge in [-0.2, -0.15) is 5.10 Å². The highest BCUT2D eigenvalue weighted by Gasteiger charge is 2.43. The number of nitrogens with one attached hydrogen (secondary N) is 1. The average Bonchev–Trinajstić information content (AvgIpc) is 3.24. The molecular formula is C27H21Cl2F2N3O. The lowest BCUT2D eigenvalue weighted by Crippen LogP contribution is -2.34. The number of benzene rings is 3. The third kappa shape index (κ3) is 4.95. The van der Waals surface area contributed by atoms with Gasteiger partial charge in [0, 0.05) is 11.6 Å². The second-order valence-electron chi connectivity index (χ2n) is 8.61. The summed E-state index contributed by atoms with van der Waals surface area (Å²) in [6.45, 7) is 0. The zero-order valence-electron chi connectivity index (χ0n) is 18.5. The number of hydrogen-bond donors (Lipinski definition) is 1. The number of rotatable bonds is 3. The van der Waals surface area contributed by atoms with E-state index in [9.17, 15) is 13.6 Å². The third-order valence-corrected chi connectivity index (χ3v) is 7.04. The second kappa shape index (κ2) is 9.80. The van der Waals surface area contributed by atoms with E-state index in [0.717, 1.165) is 41.7 Å². The van der Waals surface area contributed by atoms with Crippen molar-refractivity contribution in [2.45, 2.75) is 25.3 Å². The number of hydrogen-bond acceptors (Lipinski definition) is 2. The Morgan fingerprint density at radius 3 is 2.34 bits per heavy atom. The van der Waals surface area contributed by atoms with E-state index >= 15 is 0 Å². The van der Waals surface area contributed by atoms with Gasteiger partial charge in [0.25, 0.3) is 0 Å². The van der Waals surface area contributed by atoms with Gasteiger partial charge in [0.15, 0.2) is 0 Å². The van der Waals surface area contributed by atoms with Crippen LogP contribution in [-0.2, 0) is 0 Å². The predicted octanol–water partition coefficient (Wildman–Crippen LogP) is 8.10. The van der Waals surface area contributed by atoms with Crippen LogP contribution in [0.25, 0.3) is 6.08 Å². The minimum Gasteiger partial charge on any atom is -0.306 e. The summed E-state index contributed by atoms with van der Waals surface area (Å²) in [6.07, 6.45) is 4.53. The van der Waals surface area contributed by atoms with Gasteiger partial charge in [0.05, 0.1) is 21.8 Å². The molecule has 0 unspecified atom stereocenters. The molecule has 178 valence electrons. The van der Waals surface area contributed by atoms with Gasteiger partial charge in [-0.15, -0.1) is 0 Å². The molecule has 0 saturated heterocycles. The highest BCUT2D eigenvalue weighted by molar-refractivity contribution is 6.42. The Morgan fingerprint density at radius 2 is 1.66 bits per heavy atom. The summed E-state index contributed by atoms with van der Waals surface area (Å²) in [4.78, 5) is 13.4. The van der Waals surface area contributed by atoms with Gasteiger partial charge in [-0.1, -0.05) is 47.5 Å². The molecule has 2 atom stereocenters. The highest BCUT2D eigenvalue weighted by Crippen LogP contribution is 2.44. The zero-order valence-corrected chi connectivity index (χ0v) is 20.0. The van der Waals surface area contributed by atoms with E-state index in [1.165, 1.54) is 29.3 Å². The van der Waals surface area contributed by atoms with Gasteiger partial charge < -0.3 is 5.32 Å². The normalized spacial score (nSPS) is 20.5. The van der Waals surface area contributed by atoms with Crippen LogP contribution in [0.3, 0.4) is 0 Å². The van der Waals surface area contributed by atoms with Crippen molar-refractivity contribution in [1.82, 2.24) is 5.01 Å². The van der Waals surface area contributed by atoms with E-state index in [1.54, 1.807) is 42.5 Å². The molecule has 35 heavy (non-hydrogen) atoms. The Balaban J connectivity index is 1.51. The maximum absolute atomic E-state index is 13.7. The van der Waals surface area contributed by atoms with E-state index < -0.39 is 12.1 Å². The topological polar surface area (TPSA) is 44.7 Å². The SMILES string of the molecule is O=C(Nc1ccc(Cl)c(Cl)c1)N1N=C2/C(=C\c3ccc(F)cc3)CCC[C@@H]2[C@H]1c1ccc(F)cc1. The molecule has 5 rings (SSSR count). The van der Waals surface area contributed by atoms with Crippen LogP contribution in [0.5, 0.6) is 0 Å². The fourth-order valence-corrected chi connectivity index (χ4v) is 4.97. The minimum atomic E-state index is -0.430. The number of hydrazone groups is 1. The standard InChI is InChI=1S/C27H21Cl2F2N3O/c28-23-13-12-21(15-24(23)29)32-27(35)34-26(17-6-10-20(31)11-7-17)22-3-1-2-18(25(22)33-34)14-16-4-8-19(30)9-5-16/h4-15,22,26H,1-3H2,(H,32,35)/b18-14-/t22-,26+/m0/s1. The van der Waals surface area contributed by atoms with Crippen LogP contribution in [0.4, 0.5) is 19.3 Å². The predicted molar refractivity (Wildman–Crippen MR) is 136 cm³/mol. The molecule has 4 nitrogen and oxygen atoms in total. The molecule has 1 heterocycles. The van der Waals surface area contributed by atoms with Crippen molar-refractivity contribution in [3.8, 4) is 0 Å². The summed E-state index contributed by atoms with van der Waals surface area (Å²) in [6, 6.07) is 16.4. The fraction of sp³-hybridized carbons (Fsp3) is 0.185. The van der Waals surface area contributed by atoms with Crippen molar-refractivity contribution in [3.05, 3.63) is 105 Å². The number of amides is 2. The molecule has 0 aromatic heterocycles. The van der Waals surface area contributed by atoms with Gasteiger partial charge in [-0.25, -0.2) is 18.6 Å². The first-order valence-electron chi connectivity index (χ1n) is 11.2. The molecule has 8 heteroatoms. The lowest BCUT2D eigenvalue weighted by Gasteiger charge is -2.29.